The number of carbonyl (C=O) groups is 1. The number of sulfone groups is 1. The average Bonchev–Trinajstić information content (AvgIpc) is 2.96. The molecule has 2 bridgehead atoms. The first-order valence-electron chi connectivity index (χ1n) is 15.9. The van der Waals surface area contributed by atoms with Gasteiger partial charge in [-0.3, -0.25) is 4.79 Å². The number of sulfonamides is 1. The van der Waals surface area contributed by atoms with Gasteiger partial charge in [0.05, 0.1) is 22.3 Å². The molecule has 0 unspecified atom stereocenters. The van der Waals surface area contributed by atoms with Crippen molar-refractivity contribution in [3.8, 4) is 5.75 Å². The molecule has 1 fully saturated rings. The largest absolute Gasteiger partial charge is 0.487 e. The lowest BCUT2D eigenvalue weighted by Crippen LogP contribution is -2.54. The third-order valence-corrected chi connectivity index (χ3v) is 13.3. The van der Waals surface area contributed by atoms with Crippen LogP contribution in [0.1, 0.15) is 80.3 Å². The Morgan fingerprint density at radius 3 is 2.56 bits per heavy atom. The first-order chi connectivity index (χ1) is 21.1. The Morgan fingerprint density at radius 1 is 1.07 bits per heavy atom. The van der Waals surface area contributed by atoms with E-state index in [0.29, 0.717) is 55.4 Å². The summed E-state index contributed by atoms with van der Waals surface area (Å²) in [6, 6.07) is 10.8. The molecule has 248 valence electrons. The molecule has 45 heavy (non-hydrogen) atoms. The number of anilines is 1. The first kappa shape index (κ1) is 34.0. The van der Waals surface area contributed by atoms with Crippen LogP contribution in [0.4, 0.5) is 5.69 Å². The zero-order valence-electron chi connectivity index (χ0n) is 26.3. The maximum absolute atomic E-state index is 13.4. The second-order valence-corrected chi connectivity index (χ2v) is 18.1. The summed E-state index contributed by atoms with van der Waals surface area (Å²) in [4.78, 5) is 15.5. The molecule has 5 rings (SSSR count). The summed E-state index contributed by atoms with van der Waals surface area (Å²) in [6.07, 6.45) is 6.46. The number of rotatable bonds is 2. The Bertz CT molecular complexity index is 1630. The number of amides is 1. The van der Waals surface area contributed by atoms with Gasteiger partial charge < -0.3 is 14.7 Å². The second kappa shape index (κ2) is 13.4. The number of aryl methyl sites for hydroxylation is 1. The number of benzene rings is 2. The zero-order chi connectivity index (χ0) is 32.6. The van der Waals surface area contributed by atoms with Gasteiger partial charge >= 0.3 is 0 Å². The van der Waals surface area contributed by atoms with Crippen molar-refractivity contribution < 1.29 is 31.5 Å². The van der Waals surface area contributed by atoms with Gasteiger partial charge in [-0.05, 0) is 111 Å². The van der Waals surface area contributed by atoms with E-state index in [1.54, 1.807) is 32.0 Å². The molecular formula is C33H45ClN2O7S2. The molecule has 5 atom stereocenters. The molecule has 2 aliphatic heterocycles. The van der Waals surface area contributed by atoms with Crippen molar-refractivity contribution in [3.05, 3.63) is 58.1 Å². The normalized spacial score (nSPS) is 29.5. The lowest BCUT2D eigenvalue weighted by Gasteiger charge is -2.49. The summed E-state index contributed by atoms with van der Waals surface area (Å²) < 4.78 is 60.3. The van der Waals surface area contributed by atoms with Crippen LogP contribution in [0.25, 0.3) is 0 Å². The summed E-state index contributed by atoms with van der Waals surface area (Å²) in [7, 11) is -7.51. The number of carbonyl (C=O) groups excluding carboxylic acids is 1. The molecule has 1 amide bonds. The standard InChI is InChI=1S/C33H45ClN2O7S2/c1-22-7-6-15-33(38,21-44(3,39)40)29-13-10-26(29)19-36-16-5-4-8-24-17-28(34)12-9-27(24)20-43-31-14-11-25(18-30(31)36)32(37)35-45(41,42)23(22)2/h9,11-12,14,17-18,22-23,26,29,38H,4-8,10,13,15-16,19-21H2,1-3H3,(H,35,37)/t22-,23+,26-,29+,33-/m0/s1. The topological polar surface area (TPSA) is 130 Å². The molecule has 2 N–H and O–H groups in total. The van der Waals surface area contributed by atoms with Crippen LogP contribution < -0.4 is 14.4 Å². The number of nitrogens with zero attached hydrogens (tertiary/aromatic N) is 1. The number of halogens is 1. The number of fused-ring (bicyclic) bond motifs is 3. The summed E-state index contributed by atoms with van der Waals surface area (Å²) in [5, 5.41) is 11.8. The Hall–Kier alpha value is -2.34. The lowest BCUT2D eigenvalue weighted by atomic mass is 9.63. The predicted octanol–water partition coefficient (Wildman–Crippen LogP) is 5.13. The van der Waals surface area contributed by atoms with E-state index in [1.807, 2.05) is 18.2 Å². The minimum absolute atomic E-state index is 0.0350. The Kier molecular flexibility index (Phi) is 10.1. The minimum Gasteiger partial charge on any atom is -0.487 e. The van der Waals surface area contributed by atoms with Crippen molar-refractivity contribution in [1.29, 1.82) is 0 Å². The fraction of sp³-hybridized carbons (Fsp3) is 0.606. The second-order valence-electron chi connectivity index (χ2n) is 13.5. The van der Waals surface area contributed by atoms with Gasteiger partial charge in [-0.1, -0.05) is 31.0 Å². The van der Waals surface area contributed by atoms with E-state index < -0.39 is 36.6 Å². The number of nitrogens with one attached hydrogen (secondary N) is 1. The molecule has 0 radical (unpaired) electrons. The fourth-order valence-electron chi connectivity index (χ4n) is 7.23. The predicted molar refractivity (Wildman–Crippen MR) is 177 cm³/mol. The summed E-state index contributed by atoms with van der Waals surface area (Å²) in [5.41, 5.74) is 1.61. The van der Waals surface area contributed by atoms with E-state index in [2.05, 4.69) is 9.62 Å². The van der Waals surface area contributed by atoms with Gasteiger partial charge in [0, 0.05) is 29.9 Å². The molecule has 0 saturated heterocycles. The highest BCUT2D eigenvalue weighted by Gasteiger charge is 2.48. The molecule has 9 nitrogen and oxygen atoms in total. The SMILES string of the molecule is C[C@@H]1[C@@H](C)CCC[C@](O)(CS(C)(=O)=O)[C@@H]2CC[C@H]2CN2CCCCc3cc(Cl)ccc3COc3ccc(cc32)C(=O)NS1(=O)=O. The average molecular weight is 681 g/mol. The first-order valence-corrected chi connectivity index (χ1v) is 19.9. The van der Waals surface area contributed by atoms with E-state index in [-0.39, 0.29) is 35.5 Å². The van der Waals surface area contributed by atoms with Crippen LogP contribution in [0.3, 0.4) is 0 Å². The third-order valence-electron chi connectivity index (χ3n) is 10.1. The van der Waals surface area contributed by atoms with Crippen LogP contribution in [-0.2, 0) is 32.9 Å². The van der Waals surface area contributed by atoms with E-state index in [0.717, 1.165) is 43.1 Å². The van der Waals surface area contributed by atoms with Gasteiger partial charge in [-0.2, -0.15) is 0 Å². The Morgan fingerprint density at radius 2 is 1.84 bits per heavy atom. The molecular weight excluding hydrogens is 636 g/mol. The van der Waals surface area contributed by atoms with Crippen molar-refractivity contribution >= 4 is 43.1 Å². The maximum Gasteiger partial charge on any atom is 0.264 e. The Balaban J connectivity index is 1.57. The van der Waals surface area contributed by atoms with Gasteiger partial charge in [0.15, 0.2) is 0 Å². The molecule has 2 heterocycles. The molecule has 1 aliphatic carbocycles. The van der Waals surface area contributed by atoms with Crippen molar-refractivity contribution in [2.75, 3.05) is 30.0 Å². The van der Waals surface area contributed by atoms with Crippen LogP contribution in [0.15, 0.2) is 36.4 Å². The van der Waals surface area contributed by atoms with Crippen LogP contribution in [0.5, 0.6) is 5.75 Å². The minimum atomic E-state index is -4.02. The van der Waals surface area contributed by atoms with Crippen LogP contribution in [-0.4, -0.2) is 63.8 Å². The van der Waals surface area contributed by atoms with E-state index in [9.17, 15) is 26.7 Å². The summed E-state index contributed by atoms with van der Waals surface area (Å²) in [6.45, 7) is 4.86. The van der Waals surface area contributed by atoms with Gasteiger partial charge in [0.1, 0.15) is 22.2 Å². The number of ether oxygens (including phenoxy) is 1. The molecule has 2 aromatic rings. The van der Waals surface area contributed by atoms with Crippen LogP contribution in [0, 0.1) is 17.8 Å². The zero-order valence-corrected chi connectivity index (χ0v) is 28.7. The van der Waals surface area contributed by atoms with Crippen LogP contribution in [0.2, 0.25) is 5.02 Å². The van der Waals surface area contributed by atoms with E-state index in [1.165, 1.54) is 0 Å². The van der Waals surface area contributed by atoms with Crippen molar-refractivity contribution in [2.24, 2.45) is 17.8 Å². The smallest absolute Gasteiger partial charge is 0.264 e. The quantitative estimate of drug-likeness (QED) is 0.447. The van der Waals surface area contributed by atoms with Crippen molar-refractivity contribution in [1.82, 2.24) is 4.72 Å². The molecule has 12 heteroatoms. The molecule has 2 aromatic carbocycles. The molecule has 1 saturated carbocycles. The monoisotopic (exact) mass is 680 g/mol. The van der Waals surface area contributed by atoms with Crippen molar-refractivity contribution in [2.45, 2.75) is 82.7 Å². The highest BCUT2D eigenvalue weighted by Crippen LogP contribution is 2.46. The third kappa shape index (κ3) is 7.97. The fourth-order valence-corrected chi connectivity index (χ4v) is 10.00. The van der Waals surface area contributed by atoms with E-state index >= 15 is 0 Å². The summed E-state index contributed by atoms with van der Waals surface area (Å²) in [5.74, 6) is -0.976. The van der Waals surface area contributed by atoms with Gasteiger partial charge in [-0.25, -0.2) is 21.6 Å². The maximum atomic E-state index is 13.4. The van der Waals surface area contributed by atoms with Crippen LogP contribution >= 0.6 is 11.6 Å². The van der Waals surface area contributed by atoms with Gasteiger partial charge in [0.2, 0.25) is 10.0 Å². The molecule has 0 spiro atoms. The number of aliphatic hydroxyl groups is 1. The summed E-state index contributed by atoms with van der Waals surface area (Å²) >= 11 is 6.31. The van der Waals surface area contributed by atoms with Crippen molar-refractivity contribution in [3.63, 3.8) is 0 Å². The Labute approximate surface area is 272 Å². The number of hydrogen-bond donors (Lipinski definition) is 2. The molecule has 0 aromatic heterocycles. The van der Waals surface area contributed by atoms with E-state index in [4.69, 9.17) is 16.3 Å². The number of hydrogen-bond acceptors (Lipinski definition) is 8. The highest BCUT2D eigenvalue weighted by atomic mass is 35.5. The lowest BCUT2D eigenvalue weighted by molar-refractivity contribution is -0.0717. The highest BCUT2D eigenvalue weighted by molar-refractivity contribution is 7.91. The van der Waals surface area contributed by atoms with Gasteiger partial charge in [0.25, 0.3) is 5.91 Å². The van der Waals surface area contributed by atoms with Gasteiger partial charge in [-0.15, -0.1) is 0 Å². The molecule has 3 aliphatic rings.